The van der Waals surface area contributed by atoms with Gasteiger partial charge in [0.25, 0.3) is 0 Å². The van der Waals surface area contributed by atoms with Crippen LogP contribution in [0, 0.1) is 0 Å². The van der Waals surface area contributed by atoms with Gasteiger partial charge in [0.2, 0.25) is 27.9 Å². The molecule has 156 valence electrons. The van der Waals surface area contributed by atoms with Gasteiger partial charge in [-0.3, -0.25) is 0 Å². The van der Waals surface area contributed by atoms with E-state index >= 15 is 0 Å². The van der Waals surface area contributed by atoms with Crippen LogP contribution in [-0.4, -0.2) is 49.5 Å². The molecule has 0 bridgehead atoms. The fraction of sp³-hybridized carbons (Fsp3) is 0.211. The summed E-state index contributed by atoms with van der Waals surface area (Å²) in [5, 5.41) is 14.8. The fourth-order valence-corrected chi connectivity index (χ4v) is 3.57. The van der Waals surface area contributed by atoms with Gasteiger partial charge in [0.05, 0.1) is 4.90 Å². The van der Waals surface area contributed by atoms with Crippen molar-refractivity contribution in [2.75, 3.05) is 41.7 Å². The van der Waals surface area contributed by atoms with E-state index in [1.165, 1.54) is 12.1 Å². The maximum atomic E-state index is 11.6. The first kappa shape index (κ1) is 20.0. The summed E-state index contributed by atoms with van der Waals surface area (Å²) in [5.74, 6) is 1.22. The number of rotatable bonds is 6. The molecule has 3 aromatic rings. The molecular weight excluding hydrogens is 404 g/mol. The van der Waals surface area contributed by atoms with E-state index in [0.29, 0.717) is 23.5 Å². The van der Waals surface area contributed by atoms with Crippen LogP contribution in [0.3, 0.4) is 0 Å². The third-order valence-electron chi connectivity index (χ3n) is 4.47. The maximum absolute atomic E-state index is 11.6. The van der Waals surface area contributed by atoms with E-state index in [4.69, 9.17) is 5.14 Å². The van der Waals surface area contributed by atoms with E-state index in [-0.39, 0.29) is 4.90 Å². The average molecular weight is 427 g/mol. The highest BCUT2D eigenvalue weighted by molar-refractivity contribution is 7.89. The van der Waals surface area contributed by atoms with Crippen LogP contribution in [-0.2, 0) is 10.0 Å². The van der Waals surface area contributed by atoms with Crippen LogP contribution in [0.4, 0.5) is 29.2 Å². The molecular formula is C19H22N8O2S. The Morgan fingerprint density at radius 2 is 1.50 bits per heavy atom. The number of anilines is 5. The summed E-state index contributed by atoms with van der Waals surface area (Å²) < 4.78 is 23.3. The van der Waals surface area contributed by atoms with Crippen molar-refractivity contribution in [1.82, 2.24) is 20.3 Å². The lowest BCUT2D eigenvalue weighted by atomic mass is 10.3. The molecule has 1 aromatic heterocycles. The van der Waals surface area contributed by atoms with Gasteiger partial charge in [-0.25, -0.2) is 13.6 Å². The molecule has 0 spiro atoms. The molecule has 2 heterocycles. The van der Waals surface area contributed by atoms with Gasteiger partial charge in [0, 0.05) is 37.6 Å². The number of nitrogens with two attached hydrogens (primary N) is 1. The van der Waals surface area contributed by atoms with Gasteiger partial charge in [-0.15, -0.1) is 0 Å². The van der Waals surface area contributed by atoms with Crippen LogP contribution in [0.1, 0.15) is 0 Å². The van der Waals surface area contributed by atoms with Gasteiger partial charge in [0.15, 0.2) is 0 Å². The van der Waals surface area contributed by atoms with Crippen molar-refractivity contribution in [2.24, 2.45) is 5.14 Å². The van der Waals surface area contributed by atoms with Gasteiger partial charge in [-0.2, -0.15) is 15.0 Å². The minimum absolute atomic E-state index is 0.00604. The van der Waals surface area contributed by atoms with Crippen molar-refractivity contribution in [2.45, 2.75) is 4.90 Å². The van der Waals surface area contributed by atoms with E-state index in [0.717, 1.165) is 31.9 Å². The summed E-state index contributed by atoms with van der Waals surface area (Å²) in [6.07, 6.45) is 0. The lowest BCUT2D eigenvalue weighted by Crippen LogP contribution is -2.44. The molecule has 11 heteroatoms. The minimum atomic E-state index is -3.81. The zero-order chi connectivity index (χ0) is 21.0. The van der Waals surface area contributed by atoms with E-state index in [1.54, 1.807) is 12.1 Å². The lowest BCUT2D eigenvalue weighted by Gasteiger charge is -2.27. The molecule has 0 amide bonds. The normalized spacial score (nSPS) is 14.4. The van der Waals surface area contributed by atoms with Crippen molar-refractivity contribution in [3.8, 4) is 0 Å². The molecule has 5 N–H and O–H groups in total. The molecule has 0 radical (unpaired) electrons. The number of primary sulfonamides is 1. The Morgan fingerprint density at radius 3 is 2.17 bits per heavy atom. The van der Waals surface area contributed by atoms with Crippen molar-refractivity contribution in [3.63, 3.8) is 0 Å². The summed E-state index contributed by atoms with van der Waals surface area (Å²) in [5.41, 5.74) is 1.35. The number of benzene rings is 2. The van der Waals surface area contributed by atoms with Gasteiger partial charge >= 0.3 is 0 Å². The lowest BCUT2D eigenvalue weighted by molar-refractivity contribution is 0.579. The Bertz CT molecular complexity index is 1120. The molecule has 0 atom stereocenters. The minimum Gasteiger partial charge on any atom is -0.338 e. The quantitative estimate of drug-likeness (QED) is 0.461. The maximum Gasteiger partial charge on any atom is 0.238 e. The second kappa shape index (κ2) is 8.61. The average Bonchev–Trinajstić information content (AvgIpc) is 2.74. The first-order valence-electron chi connectivity index (χ1n) is 9.41. The van der Waals surface area contributed by atoms with E-state index in [1.807, 2.05) is 30.3 Å². The number of nitrogens with zero attached hydrogens (tertiary/aromatic N) is 4. The van der Waals surface area contributed by atoms with Gasteiger partial charge in [-0.05, 0) is 30.3 Å². The van der Waals surface area contributed by atoms with Gasteiger partial charge in [0.1, 0.15) is 0 Å². The summed E-state index contributed by atoms with van der Waals surface area (Å²) in [6.45, 7) is 3.23. The van der Waals surface area contributed by atoms with Crippen LogP contribution in [0.2, 0.25) is 0 Å². The highest BCUT2D eigenvalue weighted by Gasteiger charge is 2.17. The number of aromatic nitrogens is 3. The number of nitrogens with one attached hydrogen (secondary N) is 3. The Labute approximate surface area is 174 Å². The Hall–Kier alpha value is -3.28. The van der Waals surface area contributed by atoms with Gasteiger partial charge in [-0.1, -0.05) is 24.3 Å². The van der Waals surface area contributed by atoms with E-state index in [9.17, 15) is 8.42 Å². The van der Waals surface area contributed by atoms with E-state index < -0.39 is 10.0 Å². The highest BCUT2D eigenvalue weighted by Crippen LogP contribution is 2.22. The second-order valence-corrected chi connectivity index (χ2v) is 8.27. The molecule has 1 aliphatic heterocycles. The molecule has 0 aliphatic carbocycles. The monoisotopic (exact) mass is 426 g/mol. The molecule has 4 rings (SSSR count). The fourth-order valence-electron chi connectivity index (χ4n) is 3.01. The van der Waals surface area contributed by atoms with Crippen molar-refractivity contribution in [3.05, 3.63) is 54.6 Å². The molecule has 30 heavy (non-hydrogen) atoms. The van der Waals surface area contributed by atoms with Crippen molar-refractivity contribution < 1.29 is 8.42 Å². The summed E-state index contributed by atoms with van der Waals surface area (Å²) in [4.78, 5) is 15.6. The Balaban J connectivity index is 1.66. The number of sulfonamides is 1. The first-order chi connectivity index (χ1) is 14.5. The molecule has 2 aromatic carbocycles. The summed E-state index contributed by atoms with van der Waals surface area (Å²) in [6, 6.07) is 15.8. The molecule has 10 nitrogen and oxygen atoms in total. The zero-order valence-corrected chi connectivity index (χ0v) is 16.9. The predicted molar refractivity (Wildman–Crippen MR) is 116 cm³/mol. The van der Waals surface area contributed by atoms with Crippen LogP contribution in [0.5, 0.6) is 0 Å². The molecule has 1 aliphatic rings. The number of piperazine rings is 1. The topological polar surface area (TPSA) is 138 Å². The van der Waals surface area contributed by atoms with E-state index in [2.05, 4.69) is 35.8 Å². The van der Waals surface area contributed by atoms with Gasteiger partial charge < -0.3 is 20.9 Å². The van der Waals surface area contributed by atoms with Crippen molar-refractivity contribution >= 4 is 39.2 Å². The van der Waals surface area contributed by atoms with Crippen LogP contribution in [0.25, 0.3) is 0 Å². The predicted octanol–water partition coefficient (Wildman–Crippen LogP) is 1.42. The highest BCUT2D eigenvalue weighted by atomic mass is 32.2. The molecule has 1 saturated heterocycles. The first-order valence-corrected chi connectivity index (χ1v) is 11.0. The molecule has 1 fully saturated rings. The number of para-hydroxylation sites is 1. The standard InChI is InChI=1S/C19H22N8O2S/c20-30(28,29)16-8-4-7-15(13-16)23-18-24-17(22-14-5-2-1-3-6-14)25-19(26-18)27-11-9-21-10-12-27/h1-8,13,21H,9-12H2,(H2,20,28,29)(H2,22,23,24,25,26). The van der Waals surface area contributed by atoms with Crippen LogP contribution in [0.15, 0.2) is 59.5 Å². The molecule has 0 unspecified atom stereocenters. The summed E-state index contributed by atoms with van der Waals surface area (Å²) in [7, 11) is -3.81. The summed E-state index contributed by atoms with van der Waals surface area (Å²) >= 11 is 0. The molecule has 0 saturated carbocycles. The third-order valence-corrected chi connectivity index (χ3v) is 5.38. The van der Waals surface area contributed by atoms with Crippen LogP contribution >= 0.6 is 0 Å². The third kappa shape index (κ3) is 5.00. The Kier molecular flexibility index (Phi) is 5.74. The Morgan fingerprint density at radius 1 is 0.867 bits per heavy atom. The number of hydrogen-bond acceptors (Lipinski definition) is 9. The van der Waals surface area contributed by atoms with Crippen LogP contribution < -0.4 is 26.0 Å². The smallest absolute Gasteiger partial charge is 0.238 e. The largest absolute Gasteiger partial charge is 0.338 e. The SMILES string of the molecule is NS(=O)(=O)c1cccc(Nc2nc(Nc3ccccc3)nc(N3CCNCC3)n2)c1. The number of hydrogen-bond donors (Lipinski definition) is 4. The zero-order valence-electron chi connectivity index (χ0n) is 16.1. The van der Waals surface area contributed by atoms with Crippen molar-refractivity contribution in [1.29, 1.82) is 0 Å². The second-order valence-electron chi connectivity index (χ2n) is 6.71.